The molecule has 1 rings (SSSR count). The van der Waals surface area contributed by atoms with E-state index in [1.54, 1.807) is 0 Å². The second-order valence-electron chi connectivity index (χ2n) is 3.58. The second kappa shape index (κ2) is 7.19. The molecule has 1 aliphatic heterocycles. The third-order valence-corrected chi connectivity index (χ3v) is 3.05. The minimum atomic E-state index is -0.359. The van der Waals surface area contributed by atoms with Crippen LogP contribution in [0.4, 0.5) is 0 Å². The summed E-state index contributed by atoms with van der Waals surface area (Å²) in [5.41, 5.74) is 0. The Morgan fingerprint density at radius 2 is 2.20 bits per heavy atom. The van der Waals surface area contributed by atoms with Crippen LogP contribution in [0.3, 0.4) is 0 Å². The molecule has 88 valence electrons. The van der Waals surface area contributed by atoms with E-state index in [0.29, 0.717) is 19.1 Å². The first-order valence-electron chi connectivity index (χ1n) is 5.11. The van der Waals surface area contributed by atoms with E-state index in [0.717, 1.165) is 26.1 Å². The Morgan fingerprint density at radius 3 is 2.80 bits per heavy atom. The lowest BCUT2D eigenvalue weighted by Crippen LogP contribution is -2.25. The van der Waals surface area contributed by atoms with Crippen LogP contribution >= 0.6 is 15.9 Å². The lowest BCUT2D eigenvalue weighted by molar-refractivity contribution is -0.141. The Labute approximate surface area is 98.4 Å². The number of hydrogen-bond donors (Lipinski definition) is 0. The maximum atomic E-state index is 11.0. The van der Waals surface area contributed by atoms with Crippen LogP contribution in [-0.4, -0.2) is 44.3 Å². The van der Waals surface area contributed by atoms with E-state index in [4.69, 9.17) is 9.47 Å². The van der Waals surface area contributed by atoms with Crippen molar-refractivity contribution in [3.63, 3.8) is 0 Å². The molecule has 4 nitrogen and oxygen atoms in total. The van der Waals surface area contributed by atoms with Crippen LogP contribution in [0.1, 0.15) is 12.8 Å². The van der Waals surface area contributed by atoms with Crippen LogP contribution < -0.4 is 0 Å². The van der Waals surface area contributed by atoms with Crippen LogP contribution in [0.15, 0.2) is 0 Å². The number of alkyl halides is 1. The summed E-state index contributed by atoms with van der Waals surface area (Å²) in [4.78, 5) is 10.7. The van der Waals surface area contributed by atoms with Crippen molar-refractivity contribution in [2.45, 2.75) is 17.7 Å². The molecule has 0 spiro atoms. The predicted octanol–water partition coefficient (Wildman–Crippen LogP) is 1.37. The summed E-state index contributed by atoms with van der Waals surface area (Å²) in [5, 5.41) is 0. The standard InChI is InChI=1S/C10H17BrO4/c1-13-10(12)9(11)7-15-6-8-2-4-14-5-3-8/h8-9H,2-7H2,1H3. The maximum Gasteiger partial charge on any atom is 0.321 e. The van der Waals surface area contributed by atoms with Gasteiger partial charge in [-0.05, 0) is 18.8 Å². The van der Waals surface area contributed by atoms with Gasteiger partial charge in [0, 0.05) is 19.8 Å². The molecule has 0 radical (unpaired) electrons. The third kappa shape index (κ3) is 4.95. The summed E-state index contributed by atoms with van der Waals surface area (Å²) in [6, 6.07) is 0. The topological polar surface area (TPSA) is 44.8 Å². The zero-order chi connectivity index (χ0) is 11.1. The quantitative estimate of drug-likeness (QED) is 0.564. The Bertz CT molecular complexity index is 192. The fourth-order valence-corrected chi connectivity index (χ4v) is 1.82. The summed E-state index contributed by atoms with van der Waals surface area (Å²) in [6.07, 6.45) is 2.09. The Kier molecular flexibility index (Phi) is 6.20. The van der Waals surface area contributed by atoms with Gasteiger partial charge < -0.3 is 14.2 Å². The SMILES string of the molecule is COC(=O)C(Br)COCC1CCOCC1. The highest BCUT2D eigenvalue weighted by Gasteiger charge is 2.18. The molecule has 0 amide bonds. The fraction of sp³-hybridized carbons (Fsp3) is 0.900. The molecule has 15 heavy (non-hydrogen) atoms. The minimum absolute atomic E-state index is 0.290. The third-order valence-electron chi connectivity index (χ3n) is 2.42. The van der Waals surface area contributed by atoms with Gasteiger partial charge in [0.15, 0.2) is 0 Å². The van der Waals surface area contributed by atoms with Crippen molar-refractivity contribution in [1.82, 2.24) is 0 Å². The van der Waals surface area contributed by atoms with Crippen molar-refractivity contribution in [2.75, 3.05) is 33.5 Å². The lowest BCUT2D eigenvalue weighted by Gasteiger charge is -2.22. The van der Waals surface area contributed by atoms with Gasteiger partial charge in [-0.25, -0.2) is 0 Å². The van der Waals surface area contributed by atoms with Crippen molar-refractivity contribution in [2.24, 2.45) is 5.92 Å². The largest absolute Gasteiger partial charge is 0.468 e. The van der Waals surface area contributed by atoms with Crippen LogP contribution in [-0.2, 0) is 19.0 Å². The van der Waals surface area contributed by atoms with Crippen LogP contribution in [0.5, 0.6) is 0 Å². The first kappa shape index (κ1) is 12.9. The van der Waals surface area contributed by atoms with Crippen molar-refractivity contribution < 1.29 is 19.0 Å². The van der Waals surface area contributed by atoms with Gasteiger partial charge in [0.2, 0.25) is 0 Å². The Morgan fingerprint density at radius 1 is 1.53 bits per heavy atom. The molecule has 0 saturated carbocycles. The van der Waals surface area contributed by atoms with Crippen molar-refractivity contribution >= 4 is 21.9 Å². The molecule has 1 unspecified atom stereocenters. The molecule has 1 aliphatic rings. The Balaban J connectivity index is 2.07. The van der Waals surface area contributed by atoms with Gasteiger partial charge in [-0.1, -0.05) is 15.9 Å². The number of methoxy groups -OCH3 is 1. The molecule has 1 heterocycles. The first-order valence-corrected chi connectivity index (χ1v) is 6.03. The van der Waals surface area contributed by atoms with E-state index >= 15 is 0 Å². The Hall–Kier alpha value is -0.130. The summed E-state index contributed by atoms with van der Waals surface area (Å²) in [6.45, 7) is 2.71. The van der Waals surface area contributed by atoms with Gasteiger partial charge >= 0.3 is 5.97 Å². The van der Waals surface area contributed by atoms with Gasteiger partial charge in [-0.2, -0.15) is 0 Å². The average molecular weight is 281 g/mol. The van der Waals surface area contributed by atoms with Gasteiger partial charge in [0.1, 0.15) is 4.83 Å². The zero-order valence-electron chi connectivity index (χ0n) is 8.91. The molecular formula is C10H17BrO4. The summed E-state index contributed by atoms with van der Waals surface area (Å²) >= 11 is 3.20. The minimum Gasteiger partial charge on any atom is -0.468 e. The number of halogens is 1. The summed E-state index contributed by atoms with van der Waals surface area (Å²) < 4.78 is 15.3. The molecule has 1 atom stereocenters. The molecule has 0 aromatic carbocycles. The van der Waals surface area contributed by atoms with E-state index in [1.165, 1.54) is 7.11 Å². The monoisotopic (exact) mass is 280 g/mol. The molecule has 0 N–H and O–H groups in total. The van der Waals surface area contributed by atoms with Crippen molar-refractivity contribution in [3.05, 3.63) is 0 Å². The highest BCUT2D eigenvalue weighted by Crippen LogP contribution is 2.15. The van der Waals surface area contributed by atoms with Gasteiger partial charge in [-0.15, -0.1) is 0 Å². The summed E-state index contributed by atoms with van der Waals surface area (Å²) in [5.74, 6) is 0.276. The number of esters is 1. The molecular weight excluding hydrogens is 264 g/mol. The first-order chi connectivity index (χ1) is 7.24. The zero-order valence-corrected chi connectivity index (χ0v) is 10.5. The van der Waals surface area contributed by atoms with E-state index < -0.39 is 0 Å². The van der Waals surface area contributed by atoms with E-state index in [9.17, 15) is 4.79 Å². The van der Waals surface area contributed by atoms with Crippen LogP contribution in [0, 0.1) is 5.92 Å². The molecule has 0 bridgehead atoms. The normalized spacial score (nSPS) is 19.9. The second-order valence-corrected chi connectivity index (χ2v) is 4.69. The van der Waals surface area contributed by atoms with Gasteiger partial charge in [0.05, 0.1) is 13.7 Å². The number of ether oxygens (including phenoxy) is 3. The van der Waals surface area contributed by atoms with Crippen LogP contribution in [0.2, 0.25) is 0 Å². The van der Waals surface area contributed by atoms with Crippen molar-refractivity contribution in [3.8, 4) is 0 Å². The van der Waals surface area contributed by atoms with E-state index in [2.05, 4.69) is 20.7 Å². The molecule has 0 aromatic heterocycles. The van der Waals surface area contributed by atoms with Crippen molar-refractivity contribution in [1.29, 1.82) is 0 Å². The van der Waals surface area contributed by atoms with E-state index in [-0.39, 0.29) is 10.8 Å². The number of carbonyl (C=O) groups is 1. The number of carbonyl (C=O) groups excluding carboxylic acids is 1. The van der Waals surface area contributed by atoms with Gasteiger partial charge in [0.25, 0.3) is 0 Å². The molecule has 0 aliphatic carbocycles. The summed E-state index contributed by atoms with van der Waals surface area (Å²) in [7, 11) is 1.37. The predicted molar refractivity (Wildman–Crippen MR) is 59.1 cm³/mol. The van der Waals surface area contributed by atoms with Gasteiger partial charge in [-0.3, -0.25) is 4.79 Å². The number of hydrogen-bond acceptors (Lipinski definition) is 4. The highest BCUT2D eigenvalue weighted by molar-refractivity contribution is 9.10. The van der Waals surface area contributed by atoms with Crippen LogP contribution in [0.25, 0.3) is 0 Å². The smallest absolute Gasteiger partial charge is 0.321 e. The van der Waals surface area contributed by atoms with E-state index in [1.807, 2.05) is 0 Å². The molecule has 5 heteroatoms. The maximum absolute atomic E-state index is 11.0. The molecule has 1 fully saturated rings. The number of rotatable bonds is 5. The lowest BCUT2D eigenvalue weighted by atomic mass is 10.0. The molecule has 1 saturated heterocycles. The fourth-order valence-electron chi connectivity index (χ4n) is 1.45. The highest BCUT2D eigenvalue weighted by atomic mass is 79.9. The molecule has 0 aromatic rings. The average Bonchev–Trinajstić information content (AvgIpc) is 2.29.